The van der Waals surface area contributed by atoms with Crippen molar-refractivity contribution < 1.29 is 15.1 Å². The number of aromatic hydroxyl groups is 2. The molecule has 0 aliphatic carbocycles. The molecule has 3 rings (SSSR count). The Morgan fingerprint density at radius 2 is 1.52 bits per heavy atom. The van der Waals surface area contributed by atoms with Crippen LogP contribution in [0.2, 0.25) is 0 Å². The normalized spacial score (nSPS) is 10.8. The van der Waals surface area contributed by atoms with Gasteiger partial charge in [-0.3, -0.25) is 10.1 Å². The molecular formula is C18H15NO4. The lowest BCUT2D eigenvalue weighted by molar-refractivity contribution is -0.384. The maximum Gasteiger partial charge on any atom is 0.269 e. The minimum atomic E-state index is -0.450. The number of nitro groups is 1. The molecule has 0 saturated carbocycles. The third-order valence-corrected chi connectivity index (χ3v) is 4.06. The number of benzene rings is 3. The van der Waals surface area contributed by atoms with Crippen LogP contribution in [-0.4, -0.2) is 15.1 Å². The predicted molar refractivity (Wildman–Crippen MR) is 87.9 cm³/mol. The van der Waals surface area contributed by atoms with Crippen molar-refractivity contribution in [2.24, 2.45) is 0 Å². The van der Waals surface area contributed by atoms with E-state index in [0.717, 1.165) is 5.56 Å². The van der Waals surface area contributed by atoms with Gasteiger partial charge in [-0.2, -0.15) is 0 Å². The van der Waals surface area contributed by atoms with Crippen LogP contribution in [-0.2, 0) is 6.42 Å². The molecule has 0 aliphatic heterocycles. The first kappa shape index (κ1) is 14.8. The van der Waals surface area contributed by atoms with Crippen LogP contribution in [0.1, 0.15) is 16.7 Å². The Labute approximate surface area is 132 Å². The Balaban J connectivity index is 2.08. The lowest BCUT2D eigenvalue weighted by Gasteiger charge is -2.14. The van der Waals surface area contributed by atoms with E-state index in [1.807, 2.05) is 0 Å². The number of fused-ring (bicyclic) bond motifs is 1. The van der Waals surface area contributed by atoms with Crippen LogP contribution >= 0.6 is 0 Å². The van der Waals surface area contributed by atoms with E-state index in [1.165, 1.54) is 12.1 Å². The van der Waals surface area contributed by atoms with Crippen molar-refractivity contribution in [1.82, 2.24) is 0 Å². The summed E-state index contributed by atoms with van der Waals surface area (Å²) >= 11 is 0. The zero-order chi connectivity index (χ0) is 16.6. The average molecular weight is 309 g/mol. The molecule has 0 bridgehead atoms. The number of phenols is 2. The highest BCUT2D eigenvalue weighted by atomic mass is 16.6. The molecule has 2 N–H and O–H groups in total. The highest BCUT2D eigenvalue weighted by Crippen LogP contribution is 2.40. The monoisotopic (exact) mass is 309 g/mol. The number of hydrogen-bond donors (Lipinski definition) is 2. The number of non-ortho nitro benzene ring substituents is 1. The van der Waals surface area contributed by atoms with Crippen LogP contribution in [0.15, 0.2) is 48.5 Å². The first-order valence-electron chi connectivity index (χ1n) is 7.14. The second-order valence-electron chi connectivity index (χ2n) is 5.45. The second kappa shape index (κ2) is 5.61. The van der Waals surface area contributed by atoms with Gasteiger partial charge in [0.25, 0.3) is 5.69 Å². The summed E-state index contributed by atoms with van der Waals surface area (Å²) in [4.78, 5) is 10.3. The third-order valence-electron chi connectivity index (χ3n) is 4.06. The quantitative estimate of drug-likeness (QED) is 0.434. The molecule has 3 aromatic rings. The van der Waals surface area contributed by atoms with E-state index in [0.29, 0.717) is 28.3 Å². The molecule has 0 saturated heterocycles. The Morgan fingerprint density at radius 1 is 0.957 bits per heavy atom. The number of phenolic OH excluding ortho intramolecular Hbond substituents is 2. The van der Waals surface area contributed by atoms with Crippen LogP contribution in [0.5, 0.6) is 11.5 Å². The van der Waals surface area contributed by atoms with Crippen molar-refractivity contribution in [3.63, 3.8) is 0 Å². The summed E-state index contributed by atoms with van der Waals surface area (Å²) in [6.07, 6.45) is 0.383. The first-order chi connectivity index (χ1) is 11.0. The van der Waals surface area contributed by atoms with Gasteiger partial charge >= 0.3 is 0 Å². The van der Waals surface area contributed by atoms with Crippen LogP contribution in [0.3, 0.4) is 0 Å². The van der Waals surface area contributed by atoms with E-state index in [-0.39, 0.29) is 17.2 Å². The fraction of sp³-hybridized carbons (Fsp3) is 0.111. The smallest absolute Gasteiger partial charge is 0.269 e. The van der Waals surface area contributed by atoms with Gasteiger partial charge in [-0.05, 0) is 18.1 Å². The van der Waals surface area contributed by atoms with Gasteiger partial charge in [0, 0.05) is 34.9 Å². The van der Waals surface area contributed by atoms with Gasteiger partial charge in [-0.15, -0.1) is 0 Å². The molecule has 116 valence electrons. The van der Waals surface area contributed by atoms with E-state index in [9.17, 15) is 20.3 Å². The average Bonchev–Trinajstić information content (AvgIpc) is 2.57. The van der Waals surface area contributed by atoms with E-state index in [2.05, 4.69) is 0 Å². The van der Waals surface area contributed by atoms with Crippen molar-refractivity contribution >= 4 is 16.5 Å². The van der Waals surface area contributed by atoms with Gasteiger partial charge in [0.1, 0.15) is 11.5 Å². The maximum absolute atomic E-state index is 10.7. The van der Waals surface area contributed by atoms with Crippen LogP contribution in [0.4, 0.5) is 5.69 Å². The summed E-state index contributed by atoms with van der Waals surface area (Å²) in [6.45, 7) is 1.75. The van der Waals surface area contributed by atoms with Crippen molar-refractivity contribution in [1.29, 1.82) is 0 Å². The van der Waals surface area contributed by atoms with E-state index in [1.54, 1.807) is 43.3 Å². The fourth-order valence-electron chi connectivity index (χ4n) is 2.74. The van der Waals surface area contributed by atoms with Gasteiger partial charge in [-0.1, -0.05) is 36.4 Å². The van der Waals surface area contributed by atoms with Crippen molar-refractivity contribution in [3.05, 3.63) is 75.3 Å². The summed E-state index contributed by atoms with van der Waals surface area (Å²) < 4.78 is 0. The number of rotatable bonds is 3. The highest BCUT2D eigenvalue weighted by Gasteiger charge is 2.16. The molecule has 0 amide bonds. The Bertz CT molecular complexity index is 901. The summed E-state index contributed by atoms with van der Waals surface area (Å²) in [5.41, 5.74) is 2.08. The lowest BCUT2D eigenvalue weighted by atomic mass is 9.94. The van der Waals surface area contributed by atoms with Gasteiger partial charge < -0.3 is 10.2 Å². The van der Waals surface area contributed by atoms with E-state index < -0.39 is 4.92 Å². The number of hydrogen-bond acceptors (Lipinski definition) is 4. The van der Waals surface area contributed by atoms with Gasteiger partial charge in [0.05, 0.1) is 4.92 Å². The molecule has 0 unspecified atom stereocenters. The lowest BCUT2D eigenvalue weighted by Crippen LogP contribution is -1.96. The first-order valence-corrected chi connectivity index (χ1v) is 7.14. The fourth-order valence-corrected chi connectivity index (χ4v) is 2.74. The van der Waals surface area contributed by atoms with Crippen molar-refractivity contribution in [2.45, 2.75) is 13.3 Å². The topological polar surface area (TPSA) is 83.6 Å². The third kappa shape index (κ3) is 2.57. The summed E-state index contributed by atoms with van der Waals surface area (Å²) in [7, 11) is 0. The zero-order valence-electron chi connectivity index (χ0n) is 12.5. The highest BCUT2D eigenvalue weighted by molar-refractivity contribution is 5.95. The standard InChI is InChI=1S/C18H15NO4/c1-11-16(10-12-6-8-13(9-7-12)19(22)23)18(21)15-5-3-2-4-14(15)17(11)20/h2-9,20-21H,10H2,1H3. The minimum absolute atomic E-state index is 0.0241. The van der Waals surface area contributed by atoms with Gasteiger partial charge in [0.15, 0.2) is 0 Å². The molecule has 0 aliphatic rings. The molecule has 5 nitrogen and oxygen atoms in total. The molecule has 0 heterocycles. The second-order valence-corrected chi connectivity index (χ2v) is 5.45. The summed E-state index contributed by atoms with van der Waals surface area (Å²) in [5.74, 6) is 0.282. The van der Waals surface area contributed by atoms with Crippen molar-refractivity contribution in [2.75, 3.05) is 0 Å². The largest absolute Gasteiger partial charge is 0.507 e. The molecule has 0 spiro atoms. The van der Waals surface area contributed by atoms with Gasteiger partial charge in [-0.25, -0.2) is 0 Å². The summed E-state index contributed by atoms with van der Waals surface area (Å²) in [6, 6.07) is 13.3. The maximum atomic E-state index is 10.7. The van der Waals surface area contributed by atoms with Crippen molar-refractivity contribution in [3.8, 4) is 11.5 Å². The summed E-state index contributed by atoms with van der Waals surface area (Å²) in [5, 5.41) is 32.8. The molecule has 0 atom stereocenters. The molecule has 0 radical (unpaired) electrons. The molecule has 0 fully saturated rings. The Kier molecular flexibility index (Phi) is 3.62. The van der Waals surface area contributed by atoms with Crippen LogP contribution in [0, 0.1) is 17.0 Å². The molecule has 5 heteroatoms. The minimum Gasteiger partial charge on any atom is -0.507 e. The predicted octanol–water partition coefficient (Wildman–Crippen LogP) is 4.06. The Morgan fingerprint density at radius 3 is 2.09 bits per heavy atom. The number of nitro benzene ring substituents is 1. The van der Waals surface area contributed by atoms with E-state index in [4.69, 9.17) is 0 Å². The Hall–Kier alpha value is -3.08. The van der Waals surface area contributed by atoms with Crippen LogP contribution in [0.25, 0.3) is 10.8 Å². The van der Waals surface area contributed by atoms with E-state index >= 15 is 0 Å². The molecule has 3 aromatic carbocycles. The molecular weight excluding hydrogens is 294 g/mol. The zero-order valence-corrected chi connectivity index (χ0v) is 12.5. The number of nitrogens with zero attached hydrogens (tertiary/aromatic N) is 1. The molecule has 23 heavy (non-hydrogen) atoms. The molecule has 0 aromatic heterocycles. The SMILES string of the molecule is Cc1c(Cc2ccc([N+](=O)[O-])cc2)c(O)c2ccccc2c1O. The van der Waals surface area contributed by atoms with Crippen LogP contribution < -0.4 is 0 Å². The van der Waals surface area contributed by atoms with Gasteiger partial charge in [0.2, 0.25) is 0 Å².